The number of aromatic nitrogens is 4. The van der Waals surface area contributed by atoms with E-state index in [1.807, 2.05) is 41.6 Å². The Bertz CT molecular complexity index is 1270. The number of nitrogens with zero attached hydrogens (tertiary/aromatic N) is 5. The number of thiazole rings is 1. The molecule has 0 radical (unpaired) electrons. The summed E-state index contributed by atoms with van der Waals surface area (Å²) in [5, 5.41) is 14.6. The monoisotopic (exact) mass is 511 g/mol. The third kappa shape index (κ3) is 4.95. The summed E-state index contributed by atoms with van der Waals surface area (Å²) in [4.78, 5) is 20.5. The molecule has 2 atom stereocenters. The number of carbonyl (C=O) groups excluding carboxylic acids is 1. The SMILES string of the molecule is Cc1cccc(-n2c(SCc3nc(C(=O)N4CC(C)OC(C)C4)cs3)nnc2-c2cccs2)c1. The van der Waals surface area contributed by atoms with E-state index in [9.17, 15) is 4.79 Å². The standard InChI is InChI=1S/C24H25N5O2S3/c1-15-6-4-7-18(10-15)29-22(20-8-5-9-32-20)26-27-24(29)34-14-21-25-19(13-33-21)23(30)28-11-16(2)31-17(3)12-28/h4-10,13,16-17H,11-12,14H2,1-3H3. The minimum Gasteiger partial charge on any atom is -0.372 e. The molecule has 10 heteroatoms. The summed E-state index contributed by atoms with van der Waals surface area (Å²) in [6.07, 6.45) is 0.0683. The van der Waals surface area contributed by atoms with Crippen molar-refractivity contribution in [2.75, 3.05) is 13.1 Å². The average molecular weight is 512 g/mol. The van der Waals surface area contributed by atoms with Gasteiger partial charge >= 0.3 is 0 Å². The van der Waals surface area contributed by atoms with Crippen molar-refractivity contribution in [2.24, 2.45) is 0 Å². The van der Waals surface area contributed by atoms with Gasteiger partial charge < -0.3 is 9.64 Å². The first-order valence-electron chi connectivity index (χ1n) is 11.1. The van der Waals surface area contributed by atoms with Crippen LogP contribution in [-0.2, 0) is 10.5 Å². The second-order valence-electron chi connectivity index (χ2n) is 8.34. The number of amides is 1. The molecule has 2 unspecified atom stereocenters. The fraction of sp³-hybridized carbons (Fsp3) is 0.333. The molecule has 4 heterocycles. The molecule has 3 aromatic heterocycles. The van der Waals surface area contributed by atoms with Crippen molar-refractivity contribution in [2.45, 2.75) is 43.9 Å². The van der Waals surface area contributed by atoms with Crippen molar-refractivity contribution in [3.05, 3.63) is 63.4 Å². The predicted molar refractivity (Wildman–Crippen MR) is 137 cm³/mol. The number of thiophene rings is 1. The number of hydrogen-bond donors (Lipinski definition) is 0. The highest BCUT2D eigenvalue weighted by Gasteiger charge is 2.28. The van der Waals surface area contributed by atoms with Gasteiger partial charge in [-0.2, -0.15) is 0 Å². The average Bonchev–Trinajstić information content (AvgIpc) is 3.57. The normalized spacial score (nSPS) is 18.4. The van der Waals surface area contributed by atoms with E-state index in [2.05, 4.69) is 50.9 Å². The molecule has 34 heavy (non-hydrogen) atoms. The van der Waals surface area contributed by atoms with Crippen LogP contribution < -0.4 is 0 Å². The number of aryl methyl sites for hydroxylation is 1. The Labute approximate surface area is 210 Å². The number of morpholine rings is 1. The molecular weight excluding hydrogens is 486 g/mol. The maximum absolute atomic E-state index is 13.0. The number of rotatable bonds is 6. The maximum Gasteiger partial charge on any atom is 0.273 e. The zero-order valence-electron chi connectivity index (χ0n) is 19.2. The highest BCUT2D eigenvalue weighted by atomic mass is 32.2. The zero-order chi connectivity index (χ0) is 23.7. The zero-order valence-corrected chi connectivity index (χ0v) is 21.6. The fourth-order valence-corrected chi connectivity index (χ4v) is 6.47. The molecule has 0 spiro atoms. The molecule has 5 rings (SSSR count). The second-order valence-corrected chi connectivity index (χ2v) is 11.2. The lowest BCUT2D eigenvalue weighted by Gasteiger charge is -2.34. The molecule has 1 fully saturated rings. The fourth-order valence-electron chi connectivity index (χ4n) is 4.04. The molecule has 176 valence electrons. The van der Waals surface area contributed by atoms with Crippen LogP contribution in [0.4, 0.5) is 0 Å². The quantitative estimate of drug-likeness (QED) is 0.327. The Morgan fingerprint density at radius 2 is 1.97 bits per heavy atom. The van der Waals surface area contributed by atoms with Gasteiger partial charge in [0, 0.05) is 18.5 Å². The van der Waals surface area contributed by atoms with Gasteiger partial charge in [-0.25, -0.2) is 4.98 Å². The Hall–Kier alpha value is -2.53. The Balaban J connectivity index is 1.35. The largest absolute Gasteiger partial charge is 0.372 e. The van der Waals surface area contributed by atoms with Crippen LogP contribution in [-0.4, -0.2) is 55.9 Å². The summed E-state index contributed by atoms with van der Waals surface area (Å²) >= 11 is 4.73. The van der Waals surface area contributed by atoms with E-state index in [0.717, 1.165) is 26.6 Å². The topological polar surface area (TPSA) is 73.1 Å². The highest BCUT2D eigenvalue weighted by molar-refractivity contribution is 7.98. The first-order valence-corrected chi connectivity index (χ1v) is 13.8. The van der Waals surface area contributed by atoms with E-state index in [0.29, 0.717) is 24.5 Å². The van der Waals surface area contributed by atoms with E-state index >= 15 is 0 Å². The molecule has 0 saturated carbocycles. The van der Waals surface area contributed by atoms with Crippen molar-refractivity contribution in [3.63, 3.8) is 0 Å². The van der Waals surface area contributed by atoms with Gasteiger partial charge in [-0.15, -0.1) is 32.9 Å². The highest BCUT2D eigenvalue weighted by Crippen LogP contribution is 2.32. The molecule has 0 N–H and O–H groups in total. The maximum atomic E-state index is 13.0. The van der Waals surface area contributed by atoms with Crippen molar-refractivity contribution >= 4 is 40.3 Å². The molecule has 1 amide bonds. The van der Waals surface area contributed by atoms with Crippen LogP contribution in [0.5, 0.6) is 0 Å². The minimum absolute atomic E-state index is 0.0302. The van der Waals surface area contributed by atoms with Gasteiger partial charge in [0.2, 0.25) is 0 Å². The van der Waals surface area contributed by atoms with Crippen molar-refractivity contribution in [1.29, 1.82) is 0 Å². The van der Waals surface area contributed by atoms with Gasteiger partial charge in [0.05, 0.1) is 28.5 Å². The van der Waals surface area contributed by atoms with Crippen molar-refractivity contribution < 1.29 is 9.53 Å². The lowest BCUT2D eigenvalue weighted by molar-refractivity contribution is -0.0587. The van der Waals surface area contributed by atoms with Crippen molar-refractivity contribution in [1.82, 2.24) is 24.6 Å². The van der Waals surface area contributed by atoms with Crippen LogP contribution in [0.25, 0.3) is 16.4 Å². The number of hydrogen-bond acceptors (Lipinski definition) is 8. The molecule has 0 aliphatic carbocycles. The third-order valence-corrected chi connectivity index (χ3v) is 8.27. The molecule has 1 aliphatic heterocycles. The van der Waals surface area contributed by atoms with Crippen LogP contribution in [0, 0.1) is 6.92 Å². The molecule has 7 nitrogen and oxygen atoms in total. The number of benzene rings is 1. The van der Waals surface area contributed by atoms with Crippen LogP contribution in [0.15, 0.2) is 52.3 Å². The first kappa shape index (κ1) is 23.2. The molecule has 1 aromatic carbocycles. The molecule has 0 bridgehead atoms. The van der Waals surface area contributed by atoms with Crippen molar-refractivity contribution in [3.8, 4) is 16.4 Å². The summed E-state index contributed by atoms with van der Waals surface area (Å²) < 4.78 is 7.85. The smallest absolute Gasteiger partial charge is 0.273 e. The first-order chi connectivity index (χ1) is 16.5. The van der Waals surface area contributed by atoms with E-state index in [4.69, 9.17) is 4.74 Å². The van der Waals surface area contributed by atoms with Crippen LogP contribution in [0.1, 0.15) is 34.9 Å². The Morgan fingerprint density at radius 3 is 2.71 bits per heavy atom. The van der Waals surface area contributed by atoms with E-state index < -0.39 is 0 Å². The predicted octanol–water partition coefficient (Wildman–Crippen LogP) is 5.30. The van der Waals surface area contributed by atoms with E-state index in [-0.39, 0.29) is 18.1 Å². The van der Waals surface area contributed by atoms with Gasteiger partial charge in [-0.1, -0.05) is 30.0 Å². The lowest BCUT2D eigenvalue weighted by Crippen LogP contribution is -2.48. The van der Waals surface area contributed by atoms with Gasteiger partial charge in [-0.3, -0.25) is 9.36 Å². The number of ether oxygens (including phenoxy) is 1. The van der Waals surface area contributed by atoms with Gasteiger partial charge in [0.25, 0.3) is 5.91 Å². The van der Waals surface area contributed by atoms with Gasteiger partial charge in [-0.05, 0) is 49.9 Å². The Morgan fingerprint density at radius 1 is 1.15 bits per heavy atom. The van der Waals surface area contributed by atoms with E-state index in [1.54, 1.807) is 23.1 Å². The molecule has 1 saturated heterocycles. The molecular formula is C24H25N5O2S3. The van der Waals surface area contributed by atoms with Gasteiger partial charge in [0.15, 0.2) is 11.0 Å². The van der Waals surface area contributed by atoms with E-state index in [1.165, 1.54) is 16.9 Å². The van der Waals surface area contributed by atoms with Crippen LogP contribution in [0.3, 0.4) is 0 Å². The summed E-state index contributed by atoms with van der Waals surface area (Å²) in [5.74, 6) is 1.41. The Kier molecular flexibility index (Phi) is 6.82. The minimum atomic E-state index is -0.0302. The lowest BCUT2D eigenvalue weighted by atomic mass is 10.2. The van der Waals surface area contributed by atoms with Crippen LogP contribution >= 0.6 is 34.4 Å². The third-order valence-electron chi connectivity index (χ3n) is 5.44. The summed E-state index contributed by atoms with van der Waals surface area (Å²) in [6, 6.07) is 12.4. The molecule has 1 aliphatic rings. The summed E-state index contributed by atoms with van der Waals surface area (Å²) in [5.41, 5.74) is 2.71. The summed E-state index contributed by atoms with van der Waals surface area (Å²) in [6.45, 7) is 7.25. The van der Waals surface area contributed by atoms with Crippen LogP contribution in [0.2, 0.25) is 0 Å². The molecule has 4 aromatic rings. The second kappa shape index (κ2) is 9.99. The van der Waals surface area contributed by atoms with Gasteiger partial charge in [0.1, 0.15) is 10.7 Å². The number of thioether (sulfide) groups is 1. The number of carbonyl (C=O) groups is 1. The summed E-state index contributed by atoms with van der Waals surface area (Å²) in [7, 11) is 0.